The quantitative estimate of drug-likeness (QED) is 0.337. The maximum Gasteiger partial charge on any atom is 0.346 e. The predicted molar refractivity (Wildman–Crippen MR) is 66.7 cm³/mol. The molecule has 0 saturated carbocycles. The molecule has 112 valence electrons. The van der Waals surface area contributed by atoms with Gasteiger partial charge in [0.2, 0.25) is 0 Å². The van der Waals surface area contributed by atoms with Gasteiger partial charge in [-0.1, -0.05) is 0 Å². The molecule has 2 rings (SSSR count). The number of nitrogens with two attached hydrogens (primary N) is 1. The number of aliphatic hydroxyl groups excluding tert-OH is 4. The van der Waals surface area contributed by atoms with Gasteiger partial charge in [0.05, 0.1) is 12.7 Å². The van der Waals surface area contributed by atoms with Gasteiger partial charge in [0.15, 0.2) is 0 Å². The van der Waals surface area contributed by atoms with Crippen LogP contribution in [-0.2, 0) is 11.2 Å². The molecule has 0 bridgehead atoms. The molecule has 1 aliphatic rings. The first kappa shape index (κ1) is 14.9. The minimum atomic E-state index is -1.44. The van der Waals surface area contributed by atoms with Gasteiger partial charge in [0, 0.05) is 18.2 Å². The highest BCUT2D eigenvalue weighted by Crippen LogP contribution is 2.24. The number of nitrogen functional groups attached to an aromatic ring is 1. The largest absolute Gasteiger partial charge is 0.394 e. The van der Waals surface area contributed by atoms with Gasteiger partial charge in [0.1, 0.15) is 30.2 Å². The van der Waals surface area contributed by atoms with E-state index >= 15 is 0 Å². The van der Waals surface area contributed by atoms with Crippen molar-refractivity contribution in [3.05, 3.63) is 22.2 Å². The van der Waals surface area contributed by atoms with E-state index in [0.717, 1.165) is 0 Å². The number of ether oxygens (including phenoxy) is 1. The summed E-state index contributed by atoms with van der Waals surface area (Å²) < 4.78 is 5.33. The molecule has 1 saturated heterocycles. The lowest BCUT2D eigenvalue weighted by Crippen LogP contribution is -2.59. The molecule has 1 aromatic rings. The molecular weight excluding hydrogens is 270 g/mol. The SMILES string of the molecule is Nc1[nH]c(=O)ncc1CC1O[C@H](CO)[C@@H](O)[C@H](O)[C@H]1O. The van der Waals surface area contributed by atoms with Crippen molar-refractivity contribution in [2.75, 3.05) is 12.3 Å². The van der Waals surface area contributed by atoms with Crippen LogP contribution in [0.15, 0.2) is 11.0 Å². The number of aliphatic hydroxyl groups is 4. The summed E-state index contributed by atoms with van der Waals surface area (Å²) in [5.74, 6) is 0.0851. The average Bonchev–Trinajstić information content (AvgIpc) is 2.42. The van der Waals surface area contributed by atoms with Crippen LogP contribution in [0.4, 0.5) is 5.82 Å². The Labute approximate surface area is 113 Å². The number of H-pyrrole nitrogens is 1. The Morgan fingerprint density at radius 3 is 2.50 bits per heavy atom. The van der Waals surface area contributed by atoms with Crippen LogP contribution in [0.1, 0.15) is 5.56 Å². The zero-order chi connectivity index (χ0) is 14.9. The number of aromatic nitrogens is 2. The zero-order valence-electron chi connectivity index (χ0n) is 10.5. The van der Waals surface area contributed by atoms with Crippen molar-refractivity contribution in [2.45, 2.75) is 36.9 Å². The summed E-state index contributed by atoms with van der Waals surface area (Å²) in [5, 5.41) is 38.3. The Hall–Kier alpha value is -1.52. The monoisotopic (exact) mass is 287 g/mol. The van der Waals surface area contributed by atoms with Crippen LogP contribution >= 0.6 is 0 Å². The summed E-state index contributed by atoms with van der Waals surface area (Å²) >= 11 is 0. The molecule has 2 heterocycles. The Morgan fingerprint density at radius 1 is 1.25 bits per heavy atom. The Bertz CT molecular complexity index is 519. The van der Waals surface area contributed by atoms with E-state index in [4.69, 9.17) is 15.6 Å². The van der Waals surface area contributed by atoms with E-state index in [1.54, 1.807) is 0 Å². The van der Waals surface area contributed by atoms with Gasteiger partial charge < -0.3 is 30.9 Å². The fourth-order valence-electron chi connectivity index (χ4n) is 2.16. The molecule has 1 unspecified atom stereocenters. The molecular formula is C11H17N3O6. The van der Waals surface area contributed by atoms with Crippen molar-refractivity contribution >= 4 is 5.82 Å². The summed E-state index contributed by atoms with van der Waals surface area (Å²) in [6, 6.07) is 0. The van der Waals surface area contributed by atoms with Crippen LogP contribution in [0.25, 0.3) is 0 Å². The molecule has 1 aliphatic heterocycles. The zero-order valence-corrected chi connectivity index (χ0v) is 10.5. The number of hydrogen-bond acceptors (Lipinski definition) is 8. The summed E-state index contributed by atoms with van der Waals surface area (Å²) in [4.78, 5) is 16.8. The Balaban J connectivity index is 2.17. The Morgan fingerprint density at radius 2 is 1.90 bits per heavy atom. The highest BCUT2D eigenvalue weighted by Gasteiger charge is 2.43. The lowest BCUT2D eigenvalue weighted by atomic mass is 9.92. The number of rotatable bonds is 3. The van der Waals surface area contributed by atoms with Gasteiger partial charge in [-0.3, -0.25) is 4.98 Å². The highest BCUT2D eigenvalue weighted by molar-refractivity contribution is 5.37. The number of anilines is 1. The summed E-state index contributed by atoms with van der Waals surface area (Å²) in [5.41, 5.74) is 5.45. The second kappa shape index (κ2) is 5.85. The molecule has 0 radical (unpaired) electrons. The molecule has 9 nitrogen and oxygen atoms in total. The van der Waals surface area contributed by atoms with E-state index in [-0.39, 0.29) is 12.2 Å². The second-order valence-electron chi connectivity index (χ2n) is 4.70. The first-order chi connectivity index (χ1) is 9.43. The van der Waals surface area contributed by atoms with Crippen molar-refractivity contribution in [1.29, 1.82) is 0 Å². The molecule has 0 aliphatic carbocycles. The molecule has 0 aromatic carbocycles. The standard InChI is InChI=1S/C11H17N3O6/c12-10-4(2-13-11(19)14-10)1-5-7(16)9(18)8(17)6(3-15)20-5/h2,5-9,15-18H,1,3H2,(H3,12,13,14,19)/t5?,6-,7+,8-,9-/m1/s1. The fourth-order valence-corrected chi connectivity index (χ4v) is 2.16. The van der Waals surface area contributed by atoms with Gasteiger partial charge >= 0.3 is 5.69 Å². The Kier molecular flexibility index (Phi) is 4.35. The van der Waals surface area contributed by atoms with Crippen molar-refractivity contribution < 1.29 is 25.2 Å². The van der Waals surface area contributed by atoms with Crippen LogP contribution in [0.3, 0.4) is 0 Å². The smallest absolute Gasteiger partial charge is 0.346 e. The van der Waals surface area contributed by atoms with Crippen LogP contribution < -0.4 is 11.4 Å². The third-order valence-electron chi connectivity index (χ3n) is 3.34. The molecule has 9 heteroatoms. The van der Waals surface area contributed by atoms with Gasteiger partial charge in [-0.25, -0.2) is 9.78 Å². The predicted octanol–water partition coefficient (Wildman–Crippen LogP) is -3.26. The van der Waals surface area contributed by atoms with Crippen LogP contribution in [-0.4, -0.2) is 67.5 Å². The third kappa shape index (κ3) is 2.81. The molecule has 7 N–H and O–H groups in total. The van der Waals surface area contributed by atoms with Crippen LogP contribution in [0.2, 0.25) is 0 Å². The molecule has 1 aromatic heterocycles. The highest BCUT2D eigenvalue weighted by atomic mass is 16.5. The van der Waals surface area contributed by atoms with E-state index in [1.165, 1.54) is 6.20 Å². The van der Waals surface area contributed by atoms with Gasteiger partial charge in [-0.2, -0.15) is 0 Å². The summed E-state index contributed by atoms with van der Waals surface area (Å²) in [7, 11) is 0. The third-order valence-corrected chi connectivity index (χ3v) is 3.34. The minimum absolute atomic E-state index is 0.0665. The molecule has 0 spiro atoms. The molecule has 20 heavy (non-hydrogen) atoms. The van der Waals surface area contributed by atoms with Crippen LogP contribution in [0, 0.1) is 0 Å². The minimum Gasteiger partial charge on any atom is -0.394 e. The van der Waals surface area contributed by atoms with E-state index in [0.29, 0.717) is 5.56 Å². The van der Waals surface area contributed by atoms with E-state index in [2.05, 4.69) is 9.97 Å². The number of nitrogens with zero attached hydrogens (tertiary/aromatic N) is 1. The molecule has 5 atom stereocenters. The first-order valence-corrected chi connectivity index (χ1v) is 6.08. The second-order valence-corrected chi connectivity index (χ2v) is 4.70. The van der Waals surface area contributed by atoms with Gasteiger partial charge in [0.25, 0.3) is 0 Å². The number of hydrogen-bond donors (Lipinski definition) is 6. The van der Waals surface area contributed by atoms with Crippen LogP contribution in [0.5, 0.6) is 0 Å². The van der Waals surface area contributed by atoms with Gasteiger partial charge in [-0.15, -0.1) is 0 Å². The van der Waals surface area contributed by atoms with Crippen molar-refractivity contribution in [3.8, 4) is 0 Å². The summed E-state index contributed by atoms with van der Waals surface area (Å²) in [6.07, 6.45) is -4.75. The molecule has 0 amide bonds. The first-order valence-electron chi connectivity index (χ1n) is 6.08. The number of nitrogens with one attached hydrogen (secondary N) is 1. The topological polar surface area (TPSA) is 162 Å². The van der Waals surface area contributed by atoms with E-state index in [9.17, 15) is 20.1 Å². The average molecular weight is 287 g/mol. The number of aromatic amines is 1. The van der Waals surface area contributed by atoms with Crippen molar-refractivity contribution in [2.24, 2.45) is 0 Å². The molecule has 1 fully saturated rings. The normalized spacial score (nSPS) is 34.1. The maximum absolute atomic E-state index is 11.0. The lowest BCUT2D eigenvalue weighted by molar-refractivity contribution is -0.228. The van der Waals surface area contributed by atoms with Crippen molar-refractivity contribution in [3.63, 3.8) is 0 Å². The van der Waals surface area contributed by atoms with Crippen molar-refractivity contribution in [1.82, 2.24) is 9.97 Å². The van der Waals surface area contributed by atoms with E-state index in [1.807, 2.05) is 0 Å². The van der Waals surface area contributed by atoms with E-state index < -0.39 is 42.8 Å². The van der Waals surface area contributed by atoms with Gasteiger partial charge in [-0.05, 0) is 0 Å². The summed E-state index contributed by atoms with van der Waals surface area (Å²) in [6.45, 7) is -0.499. The maximum atomic E-state index is 11.0. The lowest BCUT2D eigenvalue weighted by Gasteiger charge is -2.40. The fraction of sp³-hybridized carbons (Fsp3) is 0.636.